The molecule has 0 atom stereocenters. The van der Waals surface area contributed by atoms with E-state index < -0.39 is 16.0 Å². The molecule has 0 aliphatic carbocycles. The van der Waals surface area contributed by atoms with Crippen LogP contribution in [0.5, 0.6) is 0 Å². The van der Waals surface area contributed by atoms with Crippen molar-refractivity contribution in [3.05, 3.63) is 36.2 Å². The van der Waals surface area contributed by atoms with Gasteiger partial charge in [0.1, 0.15) is 0 Å². The van der Waals surface area contributed by atoms with Crippen LogP contribution in [0.15, 0.2) is 35.4 Å². The summed E-state index contributed by atoms with van der Waals surface area (Å²) in [5.74, 6) is -0.613. The van der Waals surface area contributed by atoms with Crippen molar-refractivity contribution in [1.82, 2.24) is 9.29 Å². The molecule has 2 N–H and O–H groups in total. The zero-order valence-electron chi connectivity index (χ0n) is 14.8. The monoisotopic (exact) mass is 365 g/mol. The molecule has 2 aromatic rings. The van der Waals surface area contributed by atoms with E-state index in [1.54, 1.807) is 18.2 Å². The Hall–Kier alpha value is -2.03. The van der Waals surface area contributed by atoms with Crippen LogP contribution in [0, 0.1) is 5.41 Å². The number of hydrogen-bond donors (Lipinski definition) is 1. The van der Waals surface area contributed by atoms with Crippen molar-refractivity contribution in [2.24, 2.45) is 11.1 Å². The second-order valence-corrected chi connectivity index (χ2v) is 8.65. The molecule has 0 aliphatic rings. The van der Waals surface area contributed by atoms with Gasteiger partial charge in [0, 0.05) is 30.6 Å². The maximum atomic E-state index is 13.0. The Morgan fingerprint density at radius 2 is 1.96 bits per heavy atom. The van der Waals surface area contributed by atoms with E-state index in [1.807, 2.05) is 13.8 Å². The summed E-state index contributed by atoms with van der Waals surface area (Å²) in [5.41, 5.74) is 5.44. The first-order valence-corrected chi connectivity index (χ1v) is 9.20. The van der Waals surface area contributed by atoms with Crippen molar-refractivity contribution in [3.63, 3.8) is 0 Å². The number of hydrogen-bond acceptors (Lipinski definition) is 6. The molecule has 0 spiro atoms. The number of pyridine rings is 1. The van der Waals surface area contributed by atoms with Crippen molar-refractivity contribution in [2.45, 2.75) is 18.7 Å². The molecule has 0 saturated carbocycles. The van der Waals surface area contributed by atoms with Crippen LogP contribution in [0.1, 0.15) is 24.3 Å². The molecule has 7 nitrogen and oxygen atoms in total. The Morgan fingerprint density at radius 3 is 2.56 bits per heavy atom. The topological polar surface area (TPSA) is 103 Å². The van der Waals surface area contributed by atoms with Gasteiger partial charge in [-0.25, -0.2) is 22.5 Å². The van der Waals surface area contributed by atoms with Gasteiger partial charge in [-0.2, -0.15) is 0 Å². The average molecular weight is 365 g/mol. The summed E-state index contributed by atoms with van der Waals surface area (Å²) >= 11 is 0. The molecular formula is C17H23N3O4S. The summed E-state index contributed by atoms with van der Waals surface area (Å²) in [5, 5.41) is 0.859. The lowest BCUT2D eigenvalue weighted by molar-refractivity contribution is 0.0596. The number of ether oxygens (including phenoxy) is 1. The van der Waals surface area contributed by atoms with Gasteiger partial charge in [0.2, 0.25) is 10.0 Å². The van der Waals surface area contributed by atoms with E-state index in [4.69, 9.17) is 10.5 Å². The Bertz CT molecular complexity index is 894. The summed E-state index contributed by atoms with van der Waals surface area (Å²) in [6.45, 7) is 4.44. The molecule has 1 aromatic carbocycles. The van der Waals surface area contributed by atoms with Gasteiger partial charge < -0.3 is 10.5 Å². The normalized spacial score (nSPS) is 12.6. The maximum Gasteiger partial charge on any atom is 0.357 e. The lowest BCUT2D eigenvalue weighted by Gasteiger charge is -2.28. The third kappa shape index (κ3) is 3.81. The number of benzene rings is 1. The van der Waals surface area contributed by atoms with Crippen molar-refractivity contribution >= 4 is 26.8 Å². The molecule has 0 bridgehead atoms. The molecule has 0 amide bonds. The number of aromatic nitrogens is 1. The Kier molecular flexibility index (Phi) is 5.46. The molecule has 136 valence electrons. The molecule has 1 heterocycles. The first-order valence-electron chi connectivity index (χ1n) is 7.76. The third-order valence-corrected chi connectivity index (χ3v) is 5.90. The number of esters is 1. The van der Waals surface area contributed by atoms with E-state index in [1.165, 1.54) is 30.7 Å². The van der Waals surface area contributed by atoms with Gasteiger partial charge >= 0.3 is 5.97 Å². The minimum absolute atomic E-state index is 0.0852. The van der Waals surface area contributed by atoms with Crippen LogP contribution in [0.4, 0.5) is 0 Å². The van der Waals surface area contributed by atoms with Gasteiger partial charge in [0.25, 0.3) is 0 Å². The van der Waals surface area contributed by atoms with Crippen molar-refractivity contribution < 1.29 is 17.9 Å². The predicted molar refractivity (Wildman–Crippen MR) is 95.7 cm³/mol. The second-order valence-electron chi connectivity index (χ2n) is 6.63. The van der Waals surface area contributed by atoms with Gasteiger partial charge in [0.15, 0.2) is 5.69 Å². The molecule has 25 heavy (non-hydrogen) atoms. The summed E-state index contributed by atoms with van der Waals surface area (Å²) < 4.78 is 32.1. The molecule has 1 aromatic heterocycles. The zero-order valence-corrected chi connectivity index (χ0v) is 15.6. The summed E-state index contributed by atoms with van der Waals surface area (Å²) in [6.07, 6.45) is 1.40. The lowest BCUT2D eigenvalue weighted by Crippen LogP contribution is -2.39. The van der Waals surface area contributed by atoms with E-state index in [0.717, 1.165) is 0 Å². The van der Waals surface area contributed by atoms with E-state index in [0.29, 0.717) is 17.3 Å². The summed E-state index contributed by atoms with van der Waals surface area (Å²) in [4.78, 5) is 16.0. The first-order chi connectivity index (χ1) is 11.6. The highest BCUT2D eigenvalue weighted by molar-refractivity contribution is 7.89. The lowest BCUT2D eigenvalue weighted by atomic mass is 9.94. The Balaban J connectivity index is 2.59. The fourth-order valence-electron chi connectivity index (χ4n) is 2.58. The van der Waals surface area contributed by atoms with Crippen molar-refractivity contribution in [2.75, 3.05) is 27.2 Å². The van der Waals surface area contributed by atoms with Crippen LogP contribution in [0.3, 0.4) is 0 Å². The van der Waals surface area contributed by atoms with Crippen LogP contribution in [0.2, 0.25) is 0 Å². The van der Waals surface area contributed by atoms with Gasteiger partial charge in [-0.15, -0.1) is 0 Å². The number of nitrogens with zero attached hydrogens (tertiary/aromatic N) is 2. The minimum atomic E-state index is -3.76. The standard InChI is InChI=1S/C17H23N3O4S/c1-17(2,10-18)11-20(3)25(22,23)14-7-5-6-13-12(14)8-9-19-15(13)16(21)24-4/h5-9H,10-11,18H2,1-4H3. The van der Waals surface area contributed by atoms with Gasteiger partial charge in [-0.1, -0.05) is 26.0 Å². The molecule has 0 unspecified atom stereocenters. The molecule has 8 heteroatoms. The Labute approximate surface area is 147 Å². The minimum Gasteiger partial charge on any atom is -0.464 e. The van der Waals surface area contributed by atoms with Crippen LogP contribution >= 0.6 is 0 Å². The molecule has 0 saturated heterocycles. The number of sulfonamides is 1. The quantitative estimate of drug-likeness (QED) is 0.781. The number of fused-ring (bicyclic) bond motifs is 1. The number of carbonyl (C=O) groups excluding carboxylic acids is 1. The summed E-state index contributed by atoms with van der Waals surface area (Å²) in [7, 11) is -0.982. The Morgan fingerprint density at radius 1 is 1.28 bits per heavy atom. The number of methoxy groups -OCH3 is 1. The molecule has 0 radical (unpaired) electrons. The van der Waals surface area contributed by atoms with E-state index in [-0.39, 0.29) is 22.5 Å². The predicted octanol–water partition coefficient (Wildman–Crippen LogP) is 1.63. The molecule has 0 fully saturated rings. The fourth-order valence-corrected chi connectivity index (χ4v) is 4.14. The highest BCUT2D eigenvalue weighted by Crippen LogP contribution is 2.28. The smallest absolute Gasteiger partial charge is 0.357 e. The third-order valence-electron chi connectivity index (χ3n) is 4.04. The maximum absolute atomic E-state index is 13.0. The highest BCUT2D eigenvalue weighted by atomic mass is 32.2. The van der Waals surface area contributed by atoms with Crippen molar-refractivity contribution in [3.8, 4) is 0 Å². The van der Waals surface area contributed by atoms with Crippen molar-refractivity contribution in [1.29, 1.82) is 0 Å². The van der Waals surface area contributed by atoms with E-state index in [2.05, 4.69) is 4.98 Å². The van der Waals surface area contributed by atoms with E-state index in [9.17, 15) is 13.2 Å². The molecule has 0 aliphatic heterocycles. The molecular weight excluding hydrogens is 342 g/mol. The summed E-state index contributed by atoms with van der Waals surface area (Å²) in [6, 6.07) is 6.34. The number of rotatable bonds is 6. The fraction of sp³-hybridized carbons (Fsp3) is 0.412. The average Bonchev–Trinajstić information content (AvgIpc) is 2.59. The van der Waals surface area contributed by atoms with Gasteiger partial charge in [-0.3, -0.25) is 0 Å². The van der Waals surface area contributed by atoms with E-state index >= 15 is 0 Å². The van der Waals surface area contributed by atoms with Crippen LogP contribution < -0.4 is 5.73 Å². The van der Waals surface area contributed by atoms with Crippen LogP contribution in [-0.4, -0.2) is 50.9 Å². The first kappa shape index (κ1) is 19.3. The van der Waals surface area contributed by atoms with Gasteiger partial charge in [-0.05, 0) is 24.1 Å². The SMILES string of the molecule is COC(=O)c1nccc2c(S(=O)(=O)N(C)CC(C)(C)CN)cccc12. The second kappa shape index (κ2) is 7.07. The highest BCUT2D eigenvalue weighted by Gasteiger charge is 2.29. The zero-order chi connectivity index (χ0) is 18.8. The number of nitrogens with two attached hydrogens (primary N) is 1. The van der Waals surface area contributed by atoms with Crippen LogP contribution in [-0.2, 0) is 14.8 Å². The number of carbonyl (C=O) groups is 1. The van der Waals surface area contributed by atoms with Gasteiger partial charge in [0.05, 0.1) is 12.0 Å². The largest absolute Gasteiger partial charge is 0.464 e. The molecule has 2 rings (SSSR count). The van der Waals surface area contributed by atoms with Crippen LogP contribution in [0.25, 0.3) is 10.8 Å².